The Labute approximate surface area is 143 Å². The fourth-order valence-corrected chi connectivity index (χ4v) is 3.03. The van der Waals surface area contributed by atoms with E-state index in [9.17, 15) is 4.79 Å². The number of benzene rings is 1. The Morgan fingerprint density at radius 3 is 2.46 bits per heavy atom. The summed E-state index contributed by atoms with van der Waals surface area (Å²) >= 11 is 0. The van der Waals surface area contributed by atoms with Crippen LogP contribution in [0, 0.1) is 5.92 Å². The van der Waals surface area contributed by atoms with Crippen LogP contribution in [0.25, 0.3) is 0 Å². The molecule has 0 radical (unpaired) electrons. The van der Waals surface area contributed by atoms with Gasteiger partial charge in [0.25, 0.3) is 0 Å². The molecule has 3 rings (SSSR count). The highest BCUT2D eigenvalue weighted by atomic mass is 16.2. The van der Waals surface area contributed by atoms with Crippen LogP contribution in [0.4, 0.5) is 10.5 Å². The second-order valence-corrected chi connectivity index (χ2v) is 6.19. The van der Waals surface area contributed by atoms with Crippen LogP contribution in [0.2, 0.25) is 0 Å². The van der Waals surface area contributed by atoms with Gasteiger partial charge in [0, 0.05) is 44.3 Å². The van der Waals surface area contributed by atoms with Gasteiger partial charge in [0.15, 0.2) is 0 Å². The number of aromatic nitrogens is 1. The van der Waals surface area contributed by atoms with Crippen LogP contribution in [-0.4, -0.2) is 30.6 Å². The van der Waals surface area contributed by atoms with E-state index in [2.05, 4.69) is 32.7 Å². The molecule has 2 heterocycles. The Kier molecular flexibility index (Phi) is 5.66. The van der Waals surface area contributed by atoms with E-state index in [1.807, 2.05) is 42.7 Å². The fraction of sp³-hybridized carbons (Fsp3) is 0.368. The number of piperidine rings is 1. The van der Waals surface area contributed by atoms with E-state index in [1.165, 1.54) is 5.69 Å². The number of urea groups is 1. The van der Waals surface area contributed by atoms with Gasteiger partial charge < -0.3 is 15.5 Å². The normalized spacial score (nSPS) is 15.1. The Bertz CT molecular complexity index is 624. The molecule has 0 bridgehead atoms. The van der Waals surface area contributed by atoms with Gasteiger partial charge in [0.1, 0.15) is 0 Å². The summed E-state index contributed by atoms with van der Waals surface area (Å²) in [7, 11) is 0. The number of nitrogens with zero attached hydrogens (tertiary/aromatic N) is 2. The third kappa shape index (κ3) is 4.72. The summed E-state index contributed by atoms with van der Waals surface area (Å²) < 4.78 is 0. The average Bonchev–Trinajstić information content (AvgIpc) is 2.67. The highest BCUT2D eigenvalue weighted by Crippen LogP contribution is 2.22. The molecule has 1 aromatic heterocycles. The molecule has 24 heavy (non-hydrogen) atoms. The van der Waals surface area contributed by atoms with Crippen LogP contribution in [0.3, 0.4) is 0 Å². The van der Waals surface area contributed by atoms with E-state index in [4.69, 9.17) is 0 Å². The molecule has 2 aromatic rings. The zero-order valence-corrected chi connectivity index (χ0v) is 13.8. The molecule has 1 aliphatic rings. The lowest BCUT2D eigenvalue weighted by Gasteiger charge is -2.33. The molecular formula is C19H24N4O. The summed E-state index contributed by atoms with van der Waals surface area (Å²) in [6.07, 6.45) is 5.86. The molecule has 2 amide bonds. The highest BCUT2D eigenvalue weighted by molar-refractivity contribution is 5.73. The Hall–Kier alpha value is -2.56. The molecule has 2 N–H and O–H groups in total. The van der Waals surface area contributed by atoms with E-state index in [0.717, 1.165) is 38.0 Å². The number of rotatable bonds is 5. The van der Waals surface area contributed by atoms with Gasteiger partial charge in [-0.15, -0.1) is 0 Å². The molecule has 1 fully saturated rings. The fourth-order valence-electron chi connectivity index (χ4n) is 3.03. The smallest absolute Gasteiger partial charge is 0.315 e. The predicted molar refractivity (Wildman–Crippen MR) is 95.9 cm³/mol. The van der Waals surface area contributed by atoms with Crippen LogP contribution in [0.15, 0.2) is 54.9 Å². The first kappa shape index (κ1) is 16.3. The lowest BCUT2D eigenvalue weighted by Crippen LogP contribution is -2.41. The third-order valence-corrected chi connectivity index (χ3v) is 4.49. The number of carbonyl (C=O) groups is 1. The number of pyridine rings is 1. The number of nitrogens with one attached hydrogen (secondary N) is 2. The van der Waals surface area contributed by atoms with Crippen molar-refractivity contribution in [1.29, 1.82) is 0 Å². The summed E-state index contributed by atoms with van der Waals surface area (Å²) in [6.45, 7) is 3.36. The van der Waals surface area contributed by atoms with Gasteiger partial charge in [0.05, 0.1) is 0 Å². The van der Waals surface area contributed by atoms with E-state index < -0.39 is 0 Å². The number of carbonyl (C=O) groups excluding carboxylic acids is 1. The first-order valence-electron chi connectivity index (χ1n) is 8.52. The standard InChI is InChI=1S/C19H24N4O/c24-19(21-14-16-4-2-1-3-5-16)22-15-17-8-12-23(13-9-17)18-6-10-20-11-7-18/h1-7,10-11,17H,8-9,12-15H2,(H2,21,22,24). The molecule has 0 unspecified atom stereocenters. The maximum absolute atomic E-state index is 11.9. The second kappa shape index (κ2) is 8.34. The minimum Gasteiger partial charge on any atom is -0.371 e. The summed E-state index contributed by atoms with van der Waals surface area (Å²) in [5.74, 6) is 0.547. The minimum absolute atomic E-state index is 0.0876. The molecule has 0 saturated carbocycles. The largest absolute Gasteiger partial charge is 0.371 e. The van der Waals surface area contributed by atoms with Crippen molar-refractivity contribution in [2.75, 3.05) is 24.5 Å². The molecule has 126 valence electrons. The van der Waals surface area contributed by atoms with Crippen molar-refractivity contribution in [2.45, 2.75) is 19.4 Å². The van der Waals surface area contributed by atoms with Crippen molar-refractivity contribution in [1.82, 2.24) is 15.6 Å². The van der Waals surface area contributed by atoms with Gasteiger partial charge in [-0.05, 0) is 36.5 Å². The molecule has 0 atom stereocenters. The lowest BCUT2D eigenvalue weighted by molar-refractivity contribution is 0.237. The highest BCUT2D eigenvalue weighted by Gasteiger charge is 2.19. The average molecular weight is 324 g/mol. The van der Waals surface area contributed by atoms with Crippen molar-refractivity contribution >= 4 is 11.7 Å². The summed E-state index contributed by atoms with van der Waals surface area (Å²) in [6, 6.07) is 14.0. The zero-order chi connectivity index (χ0) is 16.6. The second-order valence-electron chi connectivity index (χ2n) is 6.19. The molecule has 5 nitrogen and oxygen atoms in total. The number of amides is 2. The van der Waals surface area contributed by atoms with Gasteiger partial charge in [-0.2, -0.15) is 0 Å². The van der Waals surface area contributed by atoms with Crippen molar-refractivity contribution in [3.05, 3.63) is 60.4 Å². The first-order valence-corrected chi connectivity index (χ1v) is 8.52. The Morgan fingerprint density at radius 2 is 1.75 bits per heavy atom. The van der Waals surface area contributed by atoms with Crippen LogP contribution >= 0.6 is 0 Å². The SMILES string of the molecule is O=C(NCc1ccccc1)NCC1CCN(c2ccncc2)CC1. The molecule has 1 aromatic carbocycles. The van der Waals surface area contributed by atoms with Crippen molar-refractivity contribution < 1.29 is 4.79 Å². The van der Waals surface area contributed by atoms with E-state index >= 15 is 0 Å². The predicted octanol–water partition coefficient (Wildman–Crippen LogP) is 2.80. The van der Waals surface area contributed by atoms with Gasteiger partial charge in [-0.3, -0.25) is 4.98 Å². The third-order valence-electron chi connectivity index (χ3n) is 4.49. The molecule has 1 aliphatic heterocycles. The zero-order valence-electron chi connectivity index (χ0n) is 13.8. The first-order chi connectivity index (χ1) is 11.8. The summed E-state index contributed by atoms with van der Waals surface area (Å²) in [4.78, 5) is 18.4. The van der Waals surface area contributed by atoms with E-state index in [1.54, 1.807) is 0 Å². The van der Waals surface area contributed by atoms with E-state index in [0.29, 0.717) is 12.5 Å². The molecule has 0 spiro atoms. The van der Waals surface area contributed by atoms with Crippen molar-refractivity contribution in [3.8, 4) is 0 Å². The molecule has 0 aliphatic carbocycles. The maximum atomic E-state index is 11.9. The van der Waals surface area contributed by atoms with Crippen molar-refractivity contribution in [2.24, 2.45) is 5.92 Å². The van der Waals surface area contributed by atoms with Crippen molar-refractivity contribution in [3.63, 3.8) is 0 Å². The van der Waals surface area contributed by atoms with Crippen LogP contribution in [0.1, 0.15) is 18.4 Å². The quantitative estimate of drug-likeness (QED) is 0.889. The number of hydrogen-bond donors (Lipinski definition) is 2. The van der Waals surface area contributed by atoms with Gasteiger partial charge in [0.2, 0.25) is 0 Å². The molecule has 5 heteroatoms. The van der Waals surface area contributed by atoms with Gasteiger partial charge >= 0.3 is 6.03 Å². The number of anilines is 1. The van der Waals surface area contributed by atoms with Gasteiger partial charge in [-0.25, -0.2) is 4.79 Å². The molecular weight excluding hydrogens is 300 g/mol. The van der Waals surface area contributed by atoms with Crippen LogP contribution < -0.4 is 15.5 Å². The Morgan fingerprint density at radius 1 is 1.04 bits per heavy atom. The summed E-state index contributed by atoms with van der Waals surface area (Å²) in [5, 5.41) is 5.90. The Balaban J connectivity index is 1.35. The summed E-state index contributed by atoms with van der Waals surface area (Å²) in [5.41, 5.74) is 2.34. The molecule has 1 saturated heterocycles. The monoisotopic (exact) mass is 324 g/mol. The van der Waals surface area contributed by atoms with Gasteiger partial charge in [-0.1, -0.05) is 30.3 Å². The maximum Gasteiger partial charge on any atom is 0.315 e. The number of hydrogen-bond acceptors (Lipinski definition) is 3. The lowest BCUT2D eigenvalue weighted by atomic mass is 9.96. The van der Waals surface area contributed by atoms with Crippen LogP contribution in [-0.2, 0) is 6.54 Å². The van der Waals surface area contributed by atoms with E-state index in [-0.39, 0.29) is 6.03 Å². The van der Waals surface area contributed by atoms with Crippen LogP contribution in [0.5, 0.6) is 0 Å². The topological polar surface area (TPSA) is 57.3 Å². The minimum atomic E-state index is -0.0876.